The predicted molar refractivity (Wildman–Crippen MR) is 126 cm³/mol. The Morgan fingerprint density at radius 1 is 1.13 bits per heavy atom. The van der Waals surface area contributed by atoms with E-state index in [1.807, 2.05) is 45.0 Å². The van der Waals surface area contributed by atoms with E-state index in [4.69, 9.17) is 4.99 Å². The van der Waals surface area contributed by atoms with Gasteiger partial charge in [-0.15, -0.1) is 0 Å². The Morgan fingerprint density at radius 2 is 1.81 bits per heavy atom. The number of hydrogen-bond donors (Lipinski definition) is 1. The summed E-state index contributed by atoms with van der Waals surface area (Å²) in [5, 5.41) is 2.93. The molecule has 1 unspecified atom stereocenters. The average Bonchev–Trinajstić information content (AvgIpc) is 2.98. The van der Waals surface area contributed by atoms with Crippen molar-refractivity contribution >= 4 is 45.9 Å². The largest absolute Gasteiger partial charge is 0.326 e. The molecule has 162 valence electrons. The van der Waals surface area contributed by atoms with Crippen molar-refractivity contribution in [1.82, 2.24) is 4.90 Å². The van der Waals surface area contributed by atoms with E-state index in [1.165, 1.54) is 18.7 Å². The molecule has 1 fully saturated rings. The molecule has 6 nitrogen and oxygen atoms in total. The molecular weight excluding hydrogens is 410 g/mol. The van der Waals surface area contributed by atoms with E-state index in [-0.39, 0.29) is 29.9 Å². The Morgan fingerprint density at radius 3 is 2.42 bits per heavy atom. The molecule has 2 amide bonds. The van der Waals surface area contributed by atoms with Gasteiger partial charge in [0.2, 0.25) is 11.8 Å². The van der Waals surface area contributed by atoms with Crippen LogP contribution in [0.3, 0.4) is 0 Å². The molecule has 1 aliphatic heterocycles. The van der Waals surface area contributed by atoms with Gasteiger partial charge in [0, 0.05) is 24.2 Å². The summed E-state index contributed by atoms with van der Waals surface area (Å²) in [6.45, 7) is 8.13. The zero-order valence-corrected chi connectivity index (χ0v) is 19.0. The molecule has 1 saturated heterocycles. The van der Waals surface area contributed by atoms with Gasteiger partial charge in [0.1, 0.15) is 5.25 Å². The maximum atomic E-state index is 13.0. The Hall–Kier alpha value is -2.93. The lowest BCUT2D eigenvalue weighted by Crippen LogP contribution is -2.36. The fourth-order valence-electron chi connectivity index (χ4n) is 3.22. The summed E-state index contributed by atoms with van der Waals surface area (Å²) in [7, 11) is 0. The molecule has 0 saturated carbocycles. The van der Waals surface area contributed by atoms with E-state index in [1.54, 1.807) is 29.2 Å². The predicted octanol–water partition coefficient (Wildman–Crippen LogP) is 4.81. The van der Waals surface area contributed by atoms with Crippen LogP contribution in [0.15, 0.2) is 53.5 Å². The van der Waals surface area contributed by atoms with Crippen molar-refractivity contribution in [3.8, 4) is 0 Å². The van der Waals surface area contributed by atoms with Crippen molar-refractivity contribution in [1.29, 1.82) is 0 Å². The first-order valence-corrected chi connectivity index (χ1v) is 11.2. The first kappa shape index (κ1) is 22.7. The van der Waals surface area contributed by atoms with Crippen LogP contribution in [-0.4, -0.2) is 39.5 Å². The molecule has 0 aliphatic carbocycles. The highest BCUT2D eigenvalue weighted by Crippen LogP contribution is 2.33. The third kappa shape index (κ3) is 5.82. The summed E-state index contributed by atoms with van der Waals surface area (Å²) >= 11 is 1.34. The highest BCUT2D eigenvalue weighted by molar-refractivity contribution is 8.15. The van der Waals surface area contributed by atoms with Crippen molar-refractivity contribution < 1.29 is 14.4 Å². The van der Waals surface area contributed by atoms with Gasteiger partial charge in [-0.2, -0.15) is 0 Å². The van der Waals surface area contributed by atoms with Gasteiger partial charge in [-0.25, -0.2) is 4.99 Å². The van der Waals surface area contributed by atoms with Gasteiger partial charge >= 0.3 is 0 Å². The van der Waals surface area contributed by atoms with Crippen LogP contribution in [0.25, 0.3) is 0 Å². The molecule has 1 aliphatic rings. The minimum atomic E-state index is -0.516. The van der Waals surface area contributed by atoms with Gasteiger partial charge in [0.15, 0.2) is 11.0 Å². The average molecular weight is 438 g/mol. The molecule has 2 aromatic rings. The number of carbonyl (C=O) groups is 3. The van der Waals surface area contributed by atoms with E-state index in [0.717, 1.165) is 11.3 Å². The molecule has 3 rings (SSSR count). The third-order valence-corrected chi connectivity index (χ3v) is 6.02. The van der Waals surface area contributed by atoms with Crippen molar-refractivity contribution in [2.75, 3.05) is 11.9 Å². The Labute approximate surface area is 187 Å². The van der Waals surface area contributed by atoms with Crippen molar-refractivity contribution in [3.05, 3.63) is 59.7 Å². The van der Waals surface area contributed by atoms with Gasteiger partial charge in [0.25, 0.3) is 0 Å². The maximum absolute atomic E-state index is 13.0. The van der Waals surface area contributed by atoms with Crippen LogP contribution >= 0.6 is 11.8 Å². The lowest BCUT2D eigenvalue weighted by atomic mass is 10.1. The van der Waals surface area contributed by atoms with Crippen LogP contribution in [0, 0.1) is 12.8 Å². The SMILES string of the molecule is CC(=O)c1ccc(NC(=O)CC2SC(=Nc3ccccc3C)N(CC(C)C)C2=O)cc1. The van der Waals surface area contributed by atoms with Crippen LogP contribution in [0.4, 0.5) is 11.4 Å². The smallest absolute Gasteiger partial charge is 0.242 e. The number of para-hydroxylation sites is 1. The minimum Gasteiger partial charge on any atom is -0.326 e. The van der Waals surface area contributed by atoms with Gasteiger partial charge < -0.3 is 5.32 Å². The number of amidine groups is 1. The van der Waals surface area contributed by atoms with Crippen LogP contribution < -0.4 is 5.32 Å². The first-order valence-electron chi connectivity index (χ1n) is 10.3. The standard InChI is InChI=1S/C24H27N3O3S/c1-15(2)14-27-23(30)21(31-24(27)26-20-8-6-5-7-16(20)3)13-22(29)25-19-11-9-18(10-12-19)17(4)28/h5-12,15,21H,13-14H2,1-4H3,(H,25,29). The number of thioether (sulfide) groups is 1. The second-order valence-electron chi connectivity index (χ2n) is 8.02. The number of rotatable bonds is 7. The fourth-order valence-corrected chi connectivity index (χ4v) is 4.38. The lowest BCUT2D eigenvalue weighted by Gasteiger charge is -2.19. The topological polar surface area (TPSA) is 78.8 Å². The van der Waals surface area contributed by atoms with E-state index < -0.39 is 5.25 Å². The highest BCUT2D eigenvalue weighted by Gasteiger charge is 2.39. The molecule has 31 heavy (non-hydrogen) atoms. The van der Waals surface area contributed by atoms with Crippen molar-refractivity contribution in [3.63, 3.8) is 0 Å². The number of Topliss-reactive ketones (excluding diaryl/α,β-unsaturated/α-hetero) is 1. The minimum absolute atomic E-state index is 0.0310. The molecule has 1 N–H and O–H groups in total. The molecule has 0 aromatic heterocycles. The number of aryl methyl sites for hydroxylation is 1. The molecule has 0 spiro atoms. The first-order chi connectivity index (χ1) is 14.7. The lowest BCUT2D eigenvalue weighted by molar-refractivity contribution is -0.128. The monoisotopic (exact) mass is 437 g/mol. The van der Waals surface area contributed by atoms with E-state index in [0.29, 0.717) is 23.0 Å². The van der Waals surface area contributed by atoms with Gasteiger partial charge in [-0.1, -0.05) is 43.8 Å². The summed E-state index contributed by atoms with van der Waals surface area (Å²) in [5.41, 5.74) is 3.03. The van der Waals surface area contributed by atoms with Gasteiger partial charge in [0.05, 0.1) is 5.69 Å². The van der Waals surface area contributed by atoms with Gasteiger partial charge in [-0.3, -0.25) is 19.3 Å². The number of nitrogens with zero attached hydrogens (tertiary/aromatic N) is 2. The summed E-state index contributed by atoms with van der Waals surface area (Å²) in [5.74, 6) is -0.0910. The third-order valence-electron chi connectivity index (χ3n) is 4.85. The number of nitrogens with one attached hydrogen (secondary N) is 1. The quantitative estimate of drug-likeness (QED) is 0.630. The maximum Gasteiger partial charge on any atom is 0.242 e. The molecule has 7 heteroatoms. The zero-order chi connectivity index (χ0) is 22.5. The molecule has 2 aromatic carbocycles. The Balaban J connectivity index is 1.73. The van der Waals surface area contributed by atoms with Crippen LogP contribution in [0.5, 0.6) is 0 Å². The summed E-state index contributed by atoms with van der Waals surface area (Å²) in [6, 6.07) is 14.5. The van der Waals surface area contributed by atoms with Gasteiger partial charge in [-0.05, 0) is 55.7 Å². The molecular formula is C24H27N3O3S. The van der Waals surface area contributed by atoms with E-state index >= 15 is 0 Å². The van der Waals surface area contributed by atoms with Crippen LogP contribution in [-0.2, 0) is 9.59 Å². The number of benzene rings is 2. The highest BCUT2D eigenvalue weighted by atomic mass is 32.2. The van der Waals surface area contributed by atoms with Crippen molar-refractivity contribution in [2.24, 2.45) is 10.9 Å². The van der Waals surface area contributed by atoms with Crippen LogP contribution in [0.2, 0.25) is 0 Å². The molecule has 0 bridgehead atoms. The summed E-state index contributed by atoms with van der Waals surface area (Å²) < 4.78 is 0. The second-order valence-corrected chi connectivity index (χ2v) is 9.19. The number of ketones is 1. The van der Waals surface area contributed by atoms with E-state index in [9.17, 15) is 14.4 Å². The molecule has 0 radical (unpaired) electrons. The fraction of sp³-hybridized carbons (Fsp3) is 0.333. The normalized spacial score (nSPS) is 17.5. The number of hydrogen-bond acceptors (Lipinski definition) is 5. The molecule has 1 atom stereocenters. The Bertz CT molecular complexity index is 1010. The van der Waals surface area contributed by atoms with Crippen LogP contribution in [0.1, 0.15) is 43.1 Å². The number of aliphatic imine (C=N–C) groups is 1. The number of amides is 2. The number of carbonyl (C=O) groups excluding carboxylic acids is 3. The van der Waals surface area contributed by atoms with E-state index in [2.05, 4.69) is 5.32 Å². The zero-order valence-electron chi connectivity index (χ0n) is 18.2. The van der Waals surface area contributed by atoms with Crippen molar-refractivity contribution in [2.45, 2.75) is 39.4 Å². The number of anilines is 1. The second kappa shape index (κ2) is 9.92. The summed E-state index contributed by atoms with van der Waals surface area (Å²) in [6.07, 6.45) is 0.0549. The Kier molecular flexibility index (Phi) is 7.28. The summed E-state index contributed by atoms with van der Waals surface area (Å²) in [4.78, 5) is 43.4. The molecule has 1 heterocycles.